The second-order valence-electron chi connectivity index (χ2n) is 4.04. The first-order chi connectivity index (χ1) is 7.72. The Bertz CT molecular complexity index is 378. The molecule has 0 amide bonds. The largest absolute Gasteiger partial charge is 0.495 e. The zero-order chi connectivity index (χ0) is 11.5. The van der Waals surface area contributed by atoms with Crippen LogP contribution in [0.25, 0.3) is 0 Å². The van der Waals surface area contributed by atoms with Crippen LogP contribution in [0.1, 0.15) is 18.4 Å². The minimum atomic E-state index is -0.250. The third-order valence-electron chi connectivity index (χ3n) is 2.98. The molecule has 1 aromatic carbocycles. The van der Waals surface area contributed by atoms with Crippen molar-refractivity contribution in [1.82, 2.24) is 5.32 Å². The lowest BCUT2D eigenvalue weighted by Crippen LogP contribution is -2.24. The van der Waals surface area contributed by atoms with Gasteiger partial charge in [0, 0.05) is 11.6 Å². The van der Waals surface area contributed by atoms with Gasteiger partial charge >= 0.3 is 0 Å². The Balaban J connectivity index is 2.23. The molecule has 0 aliphatic carbocycles. The predicted molar refractivity (Wildman–Crippen MR) is 62.7 cm³/mol. The van der Waals surface area contributed by atoms with Gasteiger partial charge in [0.2, 0.25) is 0 Å². The van der Waals surface area contributed by atoms with Gasteiger partial charge in [-0.05, 0) is 37.9 Å². The highest BCUT2D eigenvalue weighted by atomic mass is 35.5. The topological polar surface area (TPSA) is 21.3 Å². The second kappa shape index (κ2) is 5.02. The van der Waals surface area contributed by atoms with Crippen LogP contribution in [0.15, 0.2) is 12.1 Å². The van der Waals surface area contributed by atoms with Crippen LogP contribution in [0.5, 0.6) is 5.75 Å². The van der Waals surface area contributed by atoms with Crippen LogP contribution < -0.4 is 10.1 Å². The molecule has 1 fully saturated rings. The van der Waals surface area contributed by atoms with Gasteiger partial charge < -0.3 is 10.1 Å². The number of hydrogen-bond acceptors (Lipinski definition) is 2. The fraction of sp³-hybridized carbons (Fsp3) is 0.500. The van der Waals surface area contributed by atoms with Gasteiger partial charge in [0.15, 0.2) is 0 Å². The van der Waals surface area contributed by atoms with Gasteiger partial charge in [0.05, 0.1) is 12.1 Å². The van der Waals surface area contributed by atoms with E-state index in [-0.39, 0.29) is 5.82 Å². The van der Waals surface area contributed by atoms with Gasteiger partial charge in [-0.2, -0.15) is 0 Å². The van der Waals surface area contributed by atoms with Gasteiger partial charge in [-0.25, -0.2) is 4.39 Å². The number of nitrogens with one attached hydrogen (secondary N) is 1. The molecular weight excluding hydrogens is 229 g/mol. The van der Waals surface area contributed by atoms with Crippen molar-refractivity contribution in [2.75, 3.05) is 13.7 Å². The molecule has 16 heavy (non-hydrogen) atoms. The zero-order valence-corrected chi connectivity index (χ0v) is 9.98. The van der Waals surface area contributed by atoms with E-state index in [0.29, 0.717) is 28.8 Å². The zero-order valence-electron chi connectivity index (χ0n) is 9.22. The lowest BCUT2D eigenvalue weighted by molar-refractivity contribution is 0.412. The standard InChI is InChI=1S/C12H15ClFNO/c1-16-11-5-4-10(14)9(12(11)13)7-8-3-2-6-15-8/h4-5,8,15H,2-3,6-7H2,1H3. The van der Waals surface area contributed by atoms with Gasteiger partial charge in [-0.3, -0.25) is 0 Å². The molecular formula is C12H15ClFNO. The van der Waals surface area contributed by atoms with E-state index in [4.69, 9.17) is 16.3 Å². The molecule has 0 radical (unpaired) electrons. The molecule has 0 bridgehead atoms. The van der Waals surface area contributed by atoms with Crippen LogP contribution >= 0.6 is 11.6 Å². The van der Waals surface area contributed by atoms with E-state index in [0.717, 1.165) is 19.4 Å². The van der Waals surface area contributed by atoms with Crippen LogP contribution in [0.4, 0.5) is 4.39 Å². The molecule has 0 saturated carbocycles. The fourth-order valence-corrected chi connectivity index (χ4v) is 2.41. The van der Waals surface area contributed by atoms with Crippen molar-refractivity contribution in [3.8, 4) is 5.75 Å². The summed E-state index contributed by atoms with van der Waals surface area (Å²) < 4.78 is 18.7. The van der Waals surface area contributed by atoms with Crippen molar-refractivity contribution in [3.05, 3.63) is 28.5 Å². The Morgan fingerprint density at radius 3 is 3.00 bits per heavy atom. The number of hydrogen-bond donors (Lipinski definition) is 1. The van der Waals surface area contributed by atoms with Crippen molar-refractivity contribution in [3.63, 3.8) is 0 Å². The van der Waals surface area contributed by atoms with Crippen molar-refractivity contribution < 1.29 is 9.13 Å². The van der Waals surface area contributed by atoms with Gasteiger partial charge in [0.25, 0.3) is 0 Å². The summed E-state index contributed by atoms with van der Waals surface area (Å²) in [4.78, 5) is 0. The quantitative estimate of drug-likeness (QED) is 0.882. The molecule has 0 aromatic heterocycles. The number of methoxy groups -OCH3 is 1. The number of rotatable bonds is 3. The first-order valence-corrected chi connectivity index (χ1v) is 5.84. The second-order valence-corrected chi connectivity index (χ2v) is 4.42. The summed E-state index contributed by atoms with van der Waals surface area (Å²) in [7, 11) is 1.54. The van der Waals surface area contributed by atoms with Crippen LogP contribution in [-0.4, -0.2) is 19.7 Å². The summed E-state index contributed by atoms with van der Waals surface area (Å²) in [5, 5.41) is 3.73. The van der Waals surface area contributed by atoms with E-state index < -0.39 is 0 Å². The van der Waals surface area contributed by atoms with E-state index in [1.165, 1.54) is 13.2 Å². The molecule has 1 aliphatic heterocycles. The molecule has 1 saturated heterocycles. The SMILES string of the molecule is COc1ccc(F)c(CC2CCCN2)c1Cl. The van der Waals surface area contributed by atoms with Gasteiger partial charge in [-0.15, -0.1) is 0 Å². The lowest BCUT2D eigenvalue weighted by atomic mass is 10.0. The molecule has 2 rings (SSSR count). The maximum absolute atomic E-state index is 13.7. The van der Waals surface area contributed by atoms with Crippen molar-refractivity contribution >= 4 is 11.6 Å². The third kappa shape index (κ3) is 2.30. The normalized spacial score (nSPS) is 20.1. The summed E-state index contributed by atoms with van der Waals surface area (Å²) in [6.07, 6.45) is 2.85. The number of benzene rings is 1. The van der Waals surface area contributed by atoms with E-state index in [9.17, 15) is 4.39 Å². The number of ether oxygens (including phenoxy) is 1. The smallest absolute Gasteiger partial charge is 0.137 e. The Morgan fingerprint density at radius 1 is 1.56 bits per heavy atom. The molecule has 1 unspecified atom stereocenters. The molecule has 1 N–H and O–H groups in total. The van der Waals surface area contributed by atoms with Crippen LogP contribution in [-0.2, 0) is 6.42 Å². The Kier molecular flexibility index (Phi) is 3.66. The predicted octanol–water partition coefficient (Wildman–Crippen LogP) is 2.78. The van der Waals surface area contributed by atoms with E-state index in [1.807, 2.05) is 0 Å². The first kappa shape index (κ1) is 11.7. The molecule has 88 valence electrons. The average molecular weight is 244 g/mol. The van der Waals surface area contributed by atoms with Crippen LogP contribution in [0.3, 0.4) is 0 Å². The maximum Gasteiger partial charge on any atom is 0.137 e. The van der Waals surface area contributed by atoms with Crippen molar-refractivity contribution in [2.45, 2.75) is 25.3 Å². The summed E-state index contributed by atoms with van der Waals surface area (Å²) in [6.45, 7) is 1.01. The molecule has 0 spiro atoms. The Morgan fingerprint density at radius 2 is 2.38 bits per heavy atom. The Labute approximate surface area is 99.7 Å². The minimum Gasteiger partial charge on any atom is -0.495 e. The average Bonchev–Trinajstić information content (AvgIpc) is 2.77. The lowest BCUT2D eigenvalue weighted by Gasteiger charge is -2.14. The Hall–Kier alpha value is -0.800. The summed E-state index contributed by atoms with van der Waals surface area (Å²) in [5.74, 6) is 0.288. The monoisotopic (exact) mass is 243 g/mol. The minimum absolute atomic E-state index is 0.250. The highest BCUT2D eigenvalue weighted by Crippen LogP contribution is 2.31. The molecule has 2 nitrogen and oxygen atoms in total. The number of halogens is 2. The van der Waals surface area contributed by atoms with E-state index in [1.54, 1.807) is 6.07 Å². The van der Waals surface area contributed by atoms with Gasteiger partial charge in [0.1, 0.15) is 11.6 Å². The van der Waals surface area contributed by atoms with Crippen molar-refractivity contribution in [1.29, 1.82) is 0 Å². The maximum atomic E-state index is 13.7. The molecule has 1 aromatic rings. The fourth-order valence-electron chi connectivity index (χ4n) is 2.10. The van der Waals surface area contributed by atoms with E-state index >= 15 is 0 Å². The summed E-state index contributed by atoms with van der Waals surface area (Å²) in [5.41, 5.74) is 0.556. The highest BCUT2D eigenvalue weighted by Gasteiger charge is 2.20. The van der Waals surface area contributed by atoms with Crippen LogP contribution in [0, 0.1) is 5.82 Å². The van der Waals surface area contributed by atoms with Crippen molar-refractivity contribution in [2.24, 2.45) is 0 Å². The molecule has 1 heterocycles. The third-order valence-corrected chi connectivity index (χ3v) is 3.40. The van der Waals surface area contributed by atoms with E-state index in [2.05, 4.69) is 5.32 Å². The van der Waals surface area contributed by atoms with Crippen LogP contribution in [0.2, 0.25) is 5.02 Å². The summed E-state index contributed by atoms with van der Waals surface area (Å²) in [6, 6.07) is 3.30. The first-order valence-electron chi connectivity index (χ1n) is 5.46. The summed E-state index contributed by atoms with van der Waals surface area (Å²) >= 11 is 6.10. The van der Waals surface area contributed by atoms with Gasteiger partial charge in [-0.1, -0.05) is 11.6 Å². The highest BCUT2D eigenvalue weighted by molar-refractivity contribution is 6.32. The molecule has 4 heteroatoms. The molecule has 1 aliphatic rings. The molecule has 1 atom stereocenters.